The van der Waals surface area contributed by atoms with Crippen LogP contribution in [-0.4, -0.2) is 68.3 Å². The fraction of sp³-hybridized carbons (Fsp3) is 1.00. The zero-order chi connectivity index (χ0) is 12.2. The Labute approximate surface area is 99.7 Å². The molecule has 2 atom stereocenters. The van der Waals surface area contributed by atoms with Gasteiger partial charge in [0.05, 0.1) is 12.7 Å². The van der Waals surface area contributed by atoms with Crippen molar-refractivity contribution in [1.29, 1.82) is 0 Å². The maximum Gasteiger partial charge on any atom is 0.0829 e. The van der Waals surface area contributed by atoms with Gasteiger partial charge in [-0.2, -0.15) is 0 Å². The zero-order valence-electron chi connectivity index (χ0n) is 11.2. The van der Waals surface area contributed by atoms with Crippen molar-refractivity contribution in [2.75, 3.05) is 46.9 Å². The van der Waals surface area contributed by atoms with Crippen molar-refractivity contribution in [3.63, 3.8) is 0 Å². The number of hydrogen-bond acceptors (Lipinski definition) is 4. The third-order valence-corrected chi connectivity index (χ3v) is 3.94. The predicted molar refractivity (Wildman–Crippen MR) is 67.6 cm³/mol. The highest BCUT2D eigenvalue weighted by Gasteiger charge is 2.29. The molecular weight excluding hydrogens is 202 g/mol. The summed E-state index contributed by atoms with van der Waals surface area (Å²) in [4.78, 5) is 4.67. The monoisotopic (exact) mass is 229 g/mol. The topological polar surface area (TPSA) is 41.7 Å². The van der Waals surface area contributed by atoms with E-state index in [0.717, 1.165) is 32.7 Å². The SMILES string of the molecule is CCC(C)(CN)N(C)CC1CN(C)CCO1. The van der Waals surface area contributed by atoms with Crippen LogP contribution in [0.3, 0.4) is 0 Å². The minimum Gasteiger partial charge on any atom is -0.374 e. The van der Waals surface area contributed by atoms with Gasteiger partial charge in [-0.05, 0) is 27.4 Å². The van der Waals surface area contributed by atoms with E-state index in [9.17, 15) is 0 Å². The van der Waals surface area contributed by atoms with Gasteiger partial charge in [-0.25, -0.2) is 0 Å². The molecular formula is C12H27N3O. The first kappa shape index (κ1) is 13.9. The molecule has 0 aliphatic carbocycles. The van der Waals surface area contributed by atoms with Crippen molar-refractivity contribution in [1.82, 2.24) is 9.80 Å². The first-order valence-electron chi connectivity index (χ1n) is 6.23. The van der Waals surface area contributed by atoms with Crippen LogP contribution in [0.1, 0.15) is 20.3 Å². The lowest BCUT2D eigenvalue weighted by molar-refractivity contribution is -0.0459. The average molecular weight is 229 g/mol. The summed E-state index contributed by atoms with van der Waals surface area (Å²) in [5.41, 5.74) is 5.95. The highest BCUT2D eigenvalue weighted by molar-refractivity contribution is 4.86. The van der Waals surface area contributed by atoms with Crippen molar-refractivity contribution >= 4 is 0 Å². The van der Waals surface area contributed by atoms with Crippen LogP contribution in [0.2, 0.25) is 0 Å². The Hall–Kier alpha value is -0.160. The highest BCUT2D eigenvalue weighted by Crippen LogP contribution is 2.17. The third kappa shape index (κ3) is 3.42. The summed E-state index contributed by atoms with van der Waals surface area (Å²) in [6.07, 6.45) is 1.39. The van der Waals surface area contributed by atoms with E-state index < -0.39 is 0 Å². The Bertz CT molecular complexity index is 206. The summed E-state index contributed by atoms with van der Waals surface area (Å²) < 4.78 is 5.78. The second-order valence-corrected chi connectivity index (χ2v) is 5.19. The molecule has 0 radical (unpaired) electrons. The molecule has 4 heteroatoms. The first-order chi connectivity index (χ1) is 7.51. The van der Waals surface area contributed by atoms with Crippen LogP contribution < -0.4 is 5.73 Å². The van der Waals surface area contributed by atoms with E-state index in [1.807, 2.05) is 0 Å². The largest absolute Gasteiger partial charge is 0.374 e. The quantitative estimate of drug-likeness (QED) is 0.740. The van der Waals surface area contributed by atoms with Gasteiger partial charge in [0.25, 0.3) is 0 Å². The van der Waals surface area contributed by atoms with Crippen molar-refractivity contribution in [2.24, 2.45) is 5.73 Å². The molecule has 0 aromatic carbocycles. The Kier molecular flexibility index (Phi) is 5.18. The number of nitrogens with two attached hydrogens (primary N) is 1. The number of morpholine rings is 1. The van der Waals surface area contributed by atoms with E-state index in [1.165, 1.54) is 0 Å². The summed E-state index contributed by atoms with van der Waals surface area (Å²) in [6, 6.07) is 0. The van der Waals surface area contributed by atoms with Gasteiger partial charge in [0.15, 0.2) is 0 Å². The fourth-order valence-electron chi connectivity index (χ4n) is 2.07. The van der Waals surface area contributed by atoms with Crippen molar-refractivity contribution in [3.8, 4) is 0 Å². The molecule has 1 heterocycles. The van der Waals surface area contributed by atoms with Gasteiger partial charge in [0.1, 0.15) is 0 Å². The second-order valence-electron chi connectivity index (χ2n) is 5.19. The van der Waals surface area contributed by atoms with Gasteiger partial charge in [-0.15, -0.1) is 0 Å². The Morgan fingerprint density at radius 3 is 2.75 bits per heavy atom. The lowest BCUT2D eigenvalue weighted by atomic mass is 9.96. The van der Waals surface area contributed by atoms with Crippen LogP contribution in [0.5, 0.6) is 0 Å². The van der Waals surface area contributed by atoms with Crippen molar-refractivity contribution in [3.05, 3.63) is 0 Å². The molecule has 0 saturated carbocycles. The molecule has 4 nitrogen and oxygen atoms in total. The van der Waals surface area contributed by atoms with Gasteiger partial charge >= 0.3 is 0 Å². The normalized spacial score (nSPS) is 27.0. The molecule has 1 fully saturated rings. The lowest BCUT2D eigenvalue weighted by Gasteiger charge is -2.41. The Morgan fingerprint density at radius 1 is 1.56 bits per heavy atom. The van der Waals surface area contributed by atoms with Gasteiger partial charge in [0.2, 0.25) is 0 Å². The smallest absolute Gasteiger partial charge is 0.0829 e. The summed E-state index contributed by atoms with van der Waals surface area (Å²) in [7, 11) is 4.30. The molecule has 0 aromatic heterocycles. The molecule has 16 heavy (non-hydrogen) atoms. The fourth-order valence-corrected chi connectivity index (χ4v) is 2.07. The molecule has 96 valence electrons. The van der Waals surface area contributed by atoms with E-state index >= 15 is 0 Å². The first-order valence-corrected chi connectivity index (χ1v) is 6.23. The second kappa shape index (κ2) is 5.96. The number of nitrogens with zero attached hydrogens (tertiary/aromatic N) is 2. The lowest BCUT2D eigenvalue weighted by Crippen LogP contribution is -2.54. The van der Waals surface area contributed by atoms with Crippen LogP contribution in [0.25, 0.3) is 0 Å². The van der Waals surface area contributed by atoms with E-state index in [2.05, 4.69) is 37.7 Å². The van der Waals surface area contributed by atoms with Gasteiger partial charge in [0, 0.05) is 31.7 Å². The van der Waals surface area contributed by atoms with Crippen LogP contribution in [0, 0.1) is 0 Å². The van der Waals surface area contributed by atoms with Crippen LogP contribution in [0.4, 0.5) is 0 Å². The molecule has 0 spiro atoms. The van der Waals surface area contributed by atoms with Crippen LogP contribution in [-0.2, 0) is 4.74 Å². The molecule has 1 rings (SSSR count). The van der Waals surface area contributed by atoms with Crippen molar-refractivity contribution < 1.29 is 4.74 Å². The zero-order valence-corrected chi connectivity index (χ0v) is 11.2. The van der Waals surface area contributed by atoms with Gasteiger partial charge in [-0.3, -0.25) is 4.90 Å². The summed E-state index contributed by atoms with van der Waals surface area (Å²) >= 11 is 0. The van der Waals surface area contributed by atoms with E-state index in [4.69, 9.17) is 10.5 Å². The third-order valence-electron chi connectivity index (χ3n) is 3.94. The van der Waals surface area contributed by atoms with Gasteiger partial charge in [-0.1, -0.05) is 6.92 Å². The van der Waals surface area contributed by atoms with Crippen molar-refractivity contribution in [2.45, 2.75) is 31.9 Å². The Balaban J connectivity index is 2.46. The predicted octanol–water partition coefficient (Wildman–Crippen LogP) is 0.376. The number of rotatable bonds is 5. The number of hydrogen-bond donors (Lipinski definition) is 1. The molecule has 0 aromatic rings. The molecule has 0 bridgehead atoms. The molecule has 1 aliphatic rings. The standard InChI is InChI=1S/C12H27N3O/c1-5-12(2,10-13)15(4)9-11-8-14(3)6-7-16-11/h11H,5-10,13H2,1-4H3. The minimum atomic E-state index is 0.0966. The molecule has 1 saturated heterocycles. The van der Waals surface area contributed by atoms with Crippen LogP contribution >= 0.6 is 0 Å². The highest BCUT2D eigenvalue weighted by atomic mass is 16.5. The maximum atomic E-state index is 5.86. The van der Waals surface area contributed by atoms with Crippen LogP contribution in [0.15, 0.2) is 0 Å². The minimum absolute atomic E-state index is 0.0966. The van der Waals surface area contributed by atoms with E-state index in [1.54, 1.807) is 0 Å². The van der Waals surface area contributed by atoms with E-state index in [-0.39, 0.29) is 5.54 Å². The van der Waals surface area contributed by atoms with Gasteiger partial charge < -0.3 is 15.4 Å². The molecule has 1 aliphatic heterocycles. The maximum absolute atomic E-state index is 5.86. The summed E-state index contributed by atoms with van der Waals surface area (Å²) in [5.74, 6) is 0. The summed E-state index contributed by atoms with van der Waals surface area (Å²) in [5, 5.41) is 0. The molecule has 2 unspecified atom stereocenters. The molecule has 0 amide bonds. The number of likely N-dealkylation sites (N-methyl/N-ethyl adjacent to an activating group) is 2. The Morgan fingerprint density at radius 2 is 2.25 bits per heavy atom. The number of ether oxygens (including phenoxy) is 1. The van der Waals surface area contributed by atoms with E-state index in [0.29, 0.717) is 12.6 Å². The molecule has 2 N–H and O–H groups in total. The summed E-state index contributed by atoms with van der Waals surface area (Å²) in [6.45, 7) is 8.99. The average Bonchev–Trinajstić information content (AvgIpc) is 2.28.